The second-order valence-corrected chi connectivity index (χ2v) is 7.59. The lowest BCUT2D eigenvalue weighted by molar-refractivity contribution is -0.134. The fraction of sp³-hybridized carbons (Fsp3) is 0.889. The van der Waals surface area contributed by atoms with Gasteiger partial charge in [-0.1, -0.05) is 13.8 Å². The fourth-order valence-corrected chi connectivity index (χ4v) is 3.94. The summed E-state index contributed by atoms with van der Waals surface area (Å²) in [5, 5.41) is 18.9. The van der Waals surface area contributed by atoms with Crippen LogP contribution in [0.4, 0.5) is 0 Å². The average Bonchev–Trinajstić information content (AvgIpc) is 2.94. The van der Waals surface area contributed by atoms with Gasteiger partial charge < -0.3 is 10.0 Å². The molecule has 2 aliphatic rings. The molecule has 0 radical (unpaired) electrons. The average molecular weight is 336 g/mol. The van der Waals surface area contributed by atoms with Gasteiger partial charge in [-0.2, -0.15) is 5.26 Å². The van der Waals surface area contributed by atoms with E-state index in [9.17, 15) is 15.2 Å². The van der Waals surface area contributed by atoms with Crippen molar-refractivity contribution >= 4 is 5.91 Å². The smallest absolute Gasteiger partial charge is 0.236 e. The van der Waals surface area contributed by atoms with Crippen molar-refractivity contribution in [2.24, 2.45) is 5.92 Å². The molecule has 0 spiro atoms. The van der Waals surface area contributed by atoms with Crippen LogP contribution in [0.1, 0.15) is 40.0 Å². The highest BCUT2D eigenvalue weighted by molar-refractivity contribution is 5.78. The van der Waals surface area contributed by atoms with Crippen molar-refractivity contribution in [1.82, 2.24) is 14.7 Å². The number of carbonyl (C=O) groups excluding carboxylic acids is 1. The first-order valence-corrected chi connectivity index (χ1v) is 9.26. The van der Waals surface area contributed by atoms with E-state index in [2.05, 4.69) is 29.7 Å². The molecule has 2 saturated heterocycles. The number of aliphatic hydroxyl groups is 1. The molecule has 1 N–H and O–H groups in total. The number of aliphatic hydroxyl groups excluding tert-OH is 1. The second kappa shape index (κ2) is 8.80. The van der Waals surface area contributed by atoms with Gasteiger partial charge in [0, 0.05) is 32.2 Å². The molecule has 6 heteroatoms. The van der Waals surface area contributed by atoms with Crippen LogP contribution < -0.4 is 0 Å². The number of hydrogen-bond donors (Lipinski definition) is 1. The van der Waals surface area contributed by atoms with Crippen molar-refractivity contribution in [3.63, 3.8) is 0 Å². The van der Waals surface area contributed by atoms with Gasteiger partial charge in [0.2, 0.25) is 5.91 Å². The van der Waals surface area contributed by atoms with Crippen molar-refractivity contribution in [3.8, 4) is 6.07 Å². The topological polar surface area (TPSA) is 70.8 Å². The third kappa shape index (κ3) is 4.92. The normalized spacial score (nSPS) is 25.7. The van der Waals surface area contributed by atoms with Crippen molar-refractivity contribution in [1.29, 1.82) is 5.26 Å². The molecule has 0 aliphatic carbocycles. The number of piperazine rings is 1. The van der Waals surface area contributed by atoms with Crippen LogP contribution in [0, 0.1) is 17.2 Å². The second-order valence-electron chi connectivity index (χ2n) is 7.59. The molecule has 3 atom stereocenters. The van der Waals surface area contributed by atoms with Crippen molar-refractivity contribution in [2.75, 3.05) is 39.3 Å². The molecule has 2 aliphatic heterocycles. The van der Waals surface area contributed by atoms with Gasteiger partial charge in [-0.3, -0.25) is 14.6 Å². The Labute approximate surface area is 146 Å². The maximum atomic E-state index is 12.6. The molecule has 136 valence electrons. The monoisotopic (exact) mass is 336 g/mol. The Hall–Kier alpha value is -1.16. The standard InChI is InChI=1S/C18H32N4O2/c1-14(2)17(12-19)20-7-9-21(10-8-20)18(24)13-22-6-4-5-16(22)11-15(3)23/h14-17,23H,4-11,13H2,1-3H3/t15-,16+,17-/m0/s1. The van der Waals surface area contributed by atoms with Crippen LogP contribution in [0.3, 0.4) is 0 Å². The number of hydrogen-bond acceptors (Lipinski definition) is 5. The Morgan fingerprint density at radius 3 is 2.42 bits per heavy atom. The van der Waals surface area contributed by atoms with Crippen LogP contribution in [0.15, 0.2) is 0 Å². The predicted octanol–water partition coefficient (Wildman–Crippen LogP) is 0.914. The summed E-state index contributed by atoms with van der Waals surface area (Å²) in [6, 6.07) is 2.66. The Balaban J connectivity index is 1.81. The molecule has 2 rings (SSSR count). The number of rotatable bonds is 6. The summed E-state index contributed by atoms with van der Waals surface area (Å²) < 4.78 is 0. The predicted molar refractivity (Wildman–Crippen MR) is 93.3 cm³/mol. The summed E-state index contributed by atoms with van der Waals surface area (Å²) >= 11 is 0. The Bertz CT molecular complexity index is 452. The van der Waals surface area contributed by atoms with E-state index in [1.165, 1.54) is 0 Å². The highest BCUT2D eigenvalue weighted by atomic mass is 16.3. The molecule has 2 heterocycles. The van der Waals surface area contributed by atoms with Crippen LogP contribution >= 0.6 is 0 Å². The fourth-order valence-electron chi connectivity index (χ4n) is 3.94. The van der Waals surface area contributed by atoms with E-state index in [1.54, 1.807) is 0 Å². The maximum absolute atomic E-state index is 12.6. The van der Waals surface area contributed by atoms with Crippen LogP contribution in [0.5, 0.6) is 0 Å². The summed E-state index contributed by atoms with van der Waals surface area (Å²) in [6.45, 7) is 10.3. The lowest BCUT2D eigenvalue weighted by atomic mass is 10.0. The molecule has 0 saturated carbocycles. The highest BCUT2D eigenvalue weighted by Crippen LogP contribution is 2.21. The molecule has 2 fully saturated rings. The van der Waals surface area contributed by atoms with Crippen LogP contribution in [-0.2, 0) is 4.79 Å². The van der Waals surface area contributed by atoms with Gasteiger partial charge in [0.1, 0.15) is 6.04 Å². The van der Waals surface area contributed by atoms with Gasteiger partial charge >= 0.3 is 0 Å². The van der Waals surface area contributed by atoms with Crippen LogP contribution in [0.25, 0.3) is 0 Å². The zero-order valence-electron chi connectivity index (χ0n) is 15.3. The third-order valence-electron chi connectivity index (χ3n) is 5.27. The number of nitriles is 1. The van der Waals surface area contributed by atoms with Gasteiger partial charge in [0.05, 0.1) is 18.7 Å². The molecule has 0 unspecified atom stereocenters. The first kappa shape index (κ1) is 19.2. The number of likely N-dealkylation sites (tertiary alicyclic amines) is 1. The van der Waals surface area contributed by atoms with Gasteiger partial charge in [0.25, 0.3) is 0 Å². The van der Waals surface area contributed by atoms with E-state index < -0.39 is 0 Å². The quantitative estimate of drug-likeness (QED) is 0.781. The Morgan fingerprint density at radius 2 is 1.88 bits per heavy atom. The summed E-state index contributed by atoms with van der Waals surface area (Å²) in [4.78, 5) is 19.0. The largest absolute Gasteiger partial charge is 0.393 e. The Morgan fingerprint density at radius 1 is 1.21 bits per heavy atom. The number of amides is 1. The third-order valence-corrected chi connectivity index (χ3v) is 5.27. The van der Waals surface area contributed by atoms with E-state index in [4.69, 9.17) is 0 Å². The van der Waals surface area contributed by atoms with Crippen molar-refractivity contribution in [2.45, 2.75) is 58.2 Å². The zero-order valence-corrected chi connectivity index (χ0v) is 15.3. The van der Waals surface area contributed by atoms with Crippen LogP contribution in [-0.4, -0.2) is 83.2 Å². The molecule has 0 bridgehead atoms. The first-order valence-electron chi connectivity index (χ1n) is 9.26. The number of nitrogens with zero attached hydrogens (tertiary/aromatic N) is 4. The van der Waals surface area contributed by atoms with Crippen molar-refractivity contribution in [3.05, 3.63) is 0 Å². The van der Waals surface area contributed by atoms with E-state index in [1.807, 2.05) is 11.8 Å². The van der Waals surface area contributed by atoms with E-state index in [0.717, 1.165) is 38.9 Å². The molecule has 6 nitrogen and oxygen atoms in total. The van der Waals surface area contributed by atoms with Gasteiger partial charge in [-0.25, -0.2) is 0 Å². The van der Waals surface area contributed by atoms with Crippen LogP contribution in [0.2, 0.25) is 0 Å². The molecule has 0 aromatic heterocycles. The summed E-state index contributed by atoms with van der Waals surface area (Å²) in [7, 11) is 0. The minimum absolute atomic E-state index is 0.0590. The van der Waals surface area contributed by atoms with Crippen molar-refractivity contribution < 1.29 is 9.90 Å². The van der Waals surface area contributed by atoms with E-state index in [0.29, 0.717) is 31.6 Å². The lowest BCUT2D eigenvalue weighted by Gasteiger charge is -2.39. The molecular weight excluding hydrogens is 304 g/mol. The van der Waals surface area contributed by atoms with Gasteiger partial charge in [0.15, 0.2) is 0 Å². The SMILES string of the molecule is CC(C)[C@H](C#N)N1CCN(C(=O)CN2CCC[C@@H]2C[C@H](C)O)CC1. The molecular formula is C18H32N4O2. The van der Waals surface area contributed by atoms with E-state index >= 15 is 0 Å². The molecule has 1 amide bonds. The minimum Gasteiger partial charge on any atom is -0.393 e. The summed E-state index contributed by atoms with van der Waals surface area (Å²) in [5.41, 5.74) is 0. The molecule has 24 heavy (non-hydrogen) atoms. The Kier molecular flexibility index (Phi) is 7.02. The minimum atomic E-state index is -0.312. The summed E-state index contributed by atoms with van der Waals surface area (Å²) in [5.74, 6) is 0.494. The van der Waals surface area contributed by atoms with E-state index in [-0.39, 0.29) is 18.1 Å². The molecule has 0 aromatic rings. The zero-order chi connectivity index (χ0) is 17.7. The molecule has 0 aromatic carbocycles. The maximum Gasteiger partial charge on any atom is 0.236 e. The number of carbonyl (C=O) groups is 1. The first-order chi connectivity index (χ1) is 11.4. The summed E-state index contributed by atoms with van der Waals surface area (Å²) in [6.07, 6.45) is 2.62. The highest BCUT2D eigenvalue weighted by Gasteiger charge is 2.31. The lowest BCUT2D eigenvalue weighted by Crippen LogP contribution is -2.54. The van der Waals surface area contributed by atoms with Gasteiger partial charge in [-0.05, 0) is 38.6 Å². The van der Waals surface area contributed by atoms with Gasteiger partial charge in [-0.15, -0.1) is 0 Å².